The van der Waals surface area contributed by atoms with E-state index in [1.54, 1.807) is 0 Å². The van der Waals surface area contributed by atoms with Crippen molar-refractivity contribution < 1.29 is 0 Å². The van der Waals surface area contributed by atoms with E-state index in [1.807, 2.05) is 24.5 Å². The lowest BCUT2D eigenvalue weighted by Crippen LogP contribution is -2.22. The van der Waals surface area contributed by atoms with Crippen LogP contribution in [0, 0.1) is 0 Å². The molecular weight excluding hydrogens is 234 g/mol. The molecule has 1 aliphatic rings. The number of hydrogen-bond donors (Lipinski definition) is 1. The fourth-order valence-electron chi connectivity index (χ4n) is 2.83. The van der Waals surface area contributed by atoms with Gasteiger partial charge in [0.1, 0.15) is 0 Å². The Labute approximate surface area is 114 Å². The van der Waals surface area contributed by atoms with Gasteiger partial charge in [-0.3, -0.25) is 9.88 Å². The molecule has 0 bridgehead atoms. The molecule has 3 heteroatoms. The highest BCUT2D eigenvalue weighted by molar-refractivity contribution is 5.40. The molecule has 2 aromatic rings. The van der Waals surface area contributed by atoms with Crippen molar-refractivity contribution in [3.63, 3.8) is 0 Å². The summed E-state index contributed by atoms with van der Waals surface area (Å²) in [5.74, 6) is 0. The van der Waals surface area contributed by atoms with E-state index in [9.17, 15) is 0 Å². The number of hydrogen-bond acceptors (Lipinski definition) is 3. The van der Waals surface area contributed by atoms with Crippen LogP contribution in [-0.2, 0) is 6.54 Å². The molecule has 1 aliphatic heterocycles. The summed E-state index contributed by atoms with van der Waals surface area (Å²) in [5.41, 5.74) is 9.31. The van der Waals surface area contributed by atoms with Crippen molar-refractivity contribution in [3.8, 4) is 0 Å². The SMILES string of the molecule is Nc1ccc(C2CCCN2Cc2ccncc2)cc1. The van der Waals surface area contributed by atoms with Crippen LogP contribution in [0.15, 0.2) is 48.8 Å². The van der Waals surface area contributed by atoms with Crippen molar-refractivity contribution in [2.45, 2.75) is 25.4 Å². The maximum atomic E-state index is 5.76. The van der Waals surface area contributed by atoms with Crippen molar-refractivity contribution in [3.05, 3.63) is 59.9 Å². The van der Waals surface area contributed by atoms with Crippen LogP contribution < -0.4 is 5.73 Å². The van der Waals surface area contributed by atoms with Gasteiger partial charge in [0, 0.05) is 30.7 Å². The van der Waals surface area contributed by atoms with Gasteiger partial charge < -0.3 is 5.73 Å². The largest absolute Gasteiger partial charge is 0.399 e. The van der Waals surface area contributed by atoms with Crippen LogP contribution in [0.2, 0.25) is 0 Å². The van der Waals surface area contributed by atoms with Crippen LogP contribution in [0.3, 0.4) is 0 Å². The topological polar surface area (TPSA) is 42.1 Å². The van der Waals surface area contributed by atoms with Crippen LogP contribution in [0.4, 0.5) is 5.69 Å². The smallest absolute Gasteiger partial charge is 0.0352 e. The molecule has 0 saturated carbocycles. The molecule has 98 valence electrons. The number of nitrogen functional groups attached to an aromatic ring is 1. The van der Waals surface area contributed by atoms with Crippen molar-refractivity contribution in [2.24, 2.45) is 0 Å². The van der Waals surface area contributed by atoms with E-state index in [0.717, 1.165) is 18.8 Å². The normalized spacial score (nSPS) is 19.7. The summed E-state index contributed by atoms with van der Waals surface area (Å²) in [6.07, 6.45) is 6.22. The fraction of sp³-hybridized carbons (Fsp3) is 0.312. The molecule has 1 saturated heterocycles. The molecule has 1 aromatic carbocycles. The number of aromatic nitrogens is 1. The summed E-state index contributed by atoms with van der Waals surface area (Å²) in [4.78, 5) is 6.62. The van der Waals surface area contributed by atoms with Crippen molar-refractivity contribution in [1.29, 1.82) is 0 Å². The van der Waals surface area contributed by atoms with Gasteiger partial charge in [0.15, 0.2) is 0 Å². The minimum atomic E-state index is 0.522. The lowest BCUT2D eigenvalue weighted by Gasteiger charge is -2.25. The van der Waals surface area contributed by atoms with E-state index in [4.69, 9.17) is 5.73 Å². The predicted molar refractivity (Wildman–Crippen MR) is 77.5 cm³/mol. The Morgan fingerprint density at radius 1 is 1.11 bits per heavy atom. The number of benzene rings is 1. The van der Waals surface area contributed by atoms with Gasteiger partial charge in [-0.15, -0.1) is 0 Å². The summed E-state index contributed by atoms with van der Waals surface area (Å²) in [7, 11) is 0. The summed E-state index contributed by atoms with van der Waals surface area (Å²) in [5, 5.41) is 0. The minimum absolute atomic E-state index is 0.522. The minimum Gasteiger partial charge on any atom is -0.399 e. The van der Waals surface area contributed by atoms with Crippen LogP contribution in [0.25, 0.3) is 0 Å². The van der Waals surface area contributed by atoms with E-state index in [0.29, 0.717) is 6.04 Å². The highest BCUT2D eigenvalue weighted by atomic mass is 15.2. The summed E-state index contributed by atoms with van der Waals surface area (Å²) in [6.45, 7) is 2.16. The van der Waals surface area contributed by atoms with Gasteiger partial charge in [0.25, 0.3) is 0 Å². The Bertz CT molecular complexity index is 521. The molecule has 1 unspecified atom stereocenters. The van der Waals surface area contributed by atoms with Crippen LogP contribution in [0.5, 0.6) is 0 Å². The number of likely N-dealkylation sites (tertiary alicyclic amines) is 1. The first-order chi connectivity index (χ1) is 9.33. The maximum Gasteiger partial charge on any atom is 0.0352 e. The molecule has 3 rings (SSSR count). The quantitative estimate of drug-likeness (QED) is 0.855. The lowest BCUT2D eigenvalue weighted by molar-refractivity contribution is 0.248. The molecule has 0 amide bonds. The van der Waals surface area contributed by atoms with Crippen LogP contribution >= 0.6 is 0 Å². The highest BCUT2D eigenvalue weighted by Gasteiger charge is 2.25. The van der Waals surface area contributed by atoms with Gasteiger partial charge >= 0.3 is 0 Å². The standard InChI is InChI=1S/C16H19N3/c17-15-5-3-14(4-6-15)16-2-1-11-19(16)12-13-7-9-18-10-8-13/h3-10,16H,1-2,11-12,17H2. The average Bonchev–Trinajstić information content (AvgIpc) is 2.89. The van der Waals surface area contributed by atoms with Gasteiger partial charge in [0.05, 0.1) is 0 Å². The second-order valence-electron chi connectivity index (χ2n) is 5.15. The first-order valence-corrected chi connectivity index (χ1v) is 6.81. The zero-order valence-corrected chi connectivity index (χ0v) is 11.0. The van der Waals surface area contributed by atoms with Gasteiger partial charge in [-0.2, -0.15) is 0 Å². The second kappa shape index (κ2) is 5.41. The number of nitrogens with zero attached hydrogens (tertiary/aromatic N) is 2. The summed E-state index contributed by atoms with van der Waals surface area (Å²) >= 11 is 0. The third-order valence-electron chi connectivity index (χ3n) is 3.82. The van der Waals surface area contributed by atoms with Gasteiger partial charge in [-0.1, -0.05) is 12.1 Å². The molecule has 0 radical (unpaired) electrons. The Morgan fingerprint density at radius 2 is 1.84 bits per heavy atom. The van der Waals surface area contributed by atoms with Crippen molar-refractivity contribution in [2.75, 3.05) is 12.3 Å². The molecule has 1 fully saturated rings. The first-order valence-electron chi connectivity index (χ1n) is 6.81. The maximum absolute atomic E-state index is 5.76. The number of rotatable bonds is 3. The Kier molecular flexibility index (Phi) is 3.47. The van der Waals surface area contributed by atoms with Gasteiger partial charge in [-0.25, -0.2) is 0 Å². The monoisotopic (exact) mass is 253 g/mol. The average molecular weight is 253 g/mol. The van der Waals surface area contributed by atoms with E-state index in [1.165, 1.54) is 24.0 Å². The Balaban J connectivity index is 1.76. The van der Waals surface area contributed by atoms with Crippen LogP contribution in [-0.4, -0.2) is 16.4 Å². The predicted octanol–water partition coefficient (Wildman–Crippen LogP) is 3.00. The number of pyridine rings is 1. The second-order valence-corrected chi connectivity index (χ2v) is 5.15. The van der Waals surface area contributed by atoms with Crippen molar-refractivity contribution >= 4 is 5.69 Å². The fourth-order valence-corrected chi connectivity index (χ4v) is 2.83. The zero-order chi connectivity index (χ0) is 13.1. The third-order valence-corrected chi connectivity index (χ3v) is 3.82. The van der Waals surface area contributed by atoms with Gasteiger partial charge in [-0.05, 0) is 54.8 Å². The molecule has 0 aliphatic carbocycles. The van der Waals surface area contributed by atoms with E-state index >= 15 is 0 Å². The molecule has 0 spiro atoms. The van der Waals surface area contributed by atoms with Crippen LogP contribution in [0.1, 0.15) is 30.0 Å². The Morgan fingerprint density at radius 3 is 2.58 bits per heavy atom. The molecule has 1 aromatic heterocycles. The summed E-state index contributed by atoms with van der Waals surface area (Å²) in [6, 6.07) is 13.0. The summed E-state index contributed by atoms with van der Waals surface area (Å²) < 4.78 is 0. The number of nitrogens with two attached hydrogens (primary N) is 1. The molecule has 1 atom stereocenters. The van der Waals surface area contributed by atoms with E-state index in [-0.39, 0.29) is 0 Å². The third kappa shape index (κ3) is 2.76. The molecule has 3 nitrogen and oxygen atoms in total. The highest BCUT2D eigenvalue weighted by Crippen LogP contribution is 2.33. The zero-order valence-electron chi connectivity index (χ0n) is 11.0. The molecule has 19 heavy (non-hydrogen) atoms. The molecule has 2 N–H and O–H groups in total. The first kappa shape index (κ1) is 12.2. The van der Waals surface area contributed by atoms with E-state index in [2.05, 4.69) is 34.1 Å². The Hall–Kier alpha value is -1.87. The molecular formula is C16H19N3. The van der Waals surface area contributed by atoms with Crippen molar-refractivity contribution in [1.82, 2.24) is 9.88 Å². The van der Waals surface area contributed by atoms with E-state index < -0.39 is 0 Å². The molecule has 2 heterocycles. The lowest BCUT2D eigenvalue weighted by atomic mass is 10.0. The van der Waals surface area contributed by atoms with Gasteiger partial charge in [0.2, 0.25) is 0 Å². The number of anilines is 1.